The first-order valence-corrected chi connectivity index (χ1v) is 7.49. The first-order valence-electron chi connectivity index (χ1n) is 6.96. The highest BCUT2D eigenvalue weighted by Crippen LogP contribution is 2.34. The third-order valence-electron chi connectivity index (χ3n) is 3.44. The van der Waals surface area contributed by atoms with Crippen molar-refractivity contribution in [1.29, 1.82) is 0 Å². The van der Waals surface area contributed by atoms with Gasteiger partial charge in [0.2, 0.25) is 0 Å². The average Bonchev–Trinajstić information content (AvgIpc) is 2.95. The molecule has 1 aromatic rings. The second-order valence-corrected chi connectivity index (χ2v) is 5.18. The molecule has 6 heteroatoms. The average molecular weight is 309 g/mol. The second-order valence-electron chi connectivity index (χ2n) is 4.92. The Morgan fingerprint density at radius 2 is 2.00 bits per heavy atom. The van der Waals surface area contributed by atoms with Crippen molar-refractivity contribution >= 4 is 30.9 Å². The summed E-state index contributed by atoms with van der Waals surface area (Å²) in [6, 6.07) is 7.14. The number of alkyl halides is 1. The van der Waals surface area contributed by atoms with Crippen LogP contribution in [0.25, 0.3) is 0 Å². The van der Waals surface area contributed by atoms with Crippen molar-refractivity contribution in [3.63, 3.8) is 0 Å². The minimum Gasteiger partial charge on any atom is -0.466 e. The van der Waals surface area contributed by atoms with Crippen molar-refractivity contribution < 1.29 is 19.0 Å². The SMILES string of the molecule is [B]c1ccc(C(CC2(CCl)OCCO2)C(=O)OCC)cc1. The summed E-state index contributed by atoms with van der Waals surface area (Å²) in [5.74, 6) is -1.58. The van der Waals surface area contributed by atoms with Crippen molar-refractivity contribution in [3.05, 3.63) is 29.8 Å². The van der Waals surface area contributed by atoms with Crippen molar-refractivity contribution in [1.82, 2.24) is 0 Å². The lowest BCUT2D eigenvalue weighted by atomic mass is 9.88. The van der Waals surface area contributed by atoms with Crippen molar-refractivity contribution in [3.8, 4) is 0 Å². The predicted octanol–water partition coefficient (Wildman–Crippen LogP) is 1.50. The number of esters is 1. The van der Waals surface area contributed by atoms with Crippen molar-refractivity contribution in [2.24, 2.45) is 0 Å². The standard InChI is InChI=1S/C15H18BClO4/c1-2-19-14(18)13(11-3-5-12(16)6-4-11)9-15(10-17)20-7-8-21-15/h3-6,13H,2,7-10H2,1H3. The Bertz CT molecular complexity index is 471. The number of hydrogen-bond donors (Lipinski definition) is 0. The lowest BCUT2D eigenvalue weighted by Gasteiger charge is -2.29. The summed E-state index contributed by atoms with van der Waals surface area (Å²) in [5, 5.41) is 0. The largest absolute Gasteiger partial charge is 0.466 e. The van der Waals surface area contributed by atoms with E-state index in [-0.39, 0.29) is 11.8 Å². The molecule has 0 N–H and O–H groups in total. The molecule has 1 atom stereocenters. The lowest BCUT2D eigenvalue weighted by molar-refractivity contribution is -0.163. The monoisotopic (exact) mass is 308 g/mol. The van der Waals surface area contributed by atoms with Gasteiger partial charge in [-0.3, -0.25) is 4.79 Å². The van der Waals surface area contributed by atoms with E-state index in [1.807, 2.05) is 12.1 Å². The fourth-order valence-electron chi connectivity index (χ4n) is 2.37. The number of ether oxygens (including phenoxy) is 3. The minimum absolute atomic E-state index is 0.165. The van der Waals surface area contributed by atoms with E-state index in [0.29, 0.717) is 31.7 Å². The number of halogens is 1. The normalized spacial score (nSPS) is 18.4. The van der Waals surface area contributed by atoms with Crippen LogP contribution in [0, 0.1) is 0 Å². The van der Waals surface area contributed by atoms with E-state index in [4.69, 9.17) is 33.7 Å². The summed E-state index contributed by atoms with van der Waals surface area (Å²) in [7, 11) is 5.69. The van der Waals surface area contributed by atoms with E-state index in [2.05, 4.69) is 0 Å². The maximum absolute atomic E-state index is 12.3. The summed E-state index contributed by atoms with van der Waals surface area (Å²) in [5.41, 5.74) is 1.45. The van der Waals surface area contributed by atoms with Gasteiger partial charge in [0, 0.05) is 6.42 Å². The zero-order valence-electron chi connectivity index (χ0n) is 12.0. The molecule has 1 heterocycles. The maximum Gasteiger partial charge on any atom is 0.313 e. The van der Waals surface area contributed by atoms with Gasteiger partial charge in [-0.2, -0.15) is 0 Å². The molecule has 21 heavy (non-hydrogen) atoms. The third-order valence-corrected chi connectivity index (χ3v) is 3.85. The molecule has 2 radical (unpaired) electrons. The van der Waals surface area contributed by atoms with E-state index in [0.717, 1.165) is 5.56 Å². The number of carbonyl (C=O) groups excluding carboxylic acids is 1. The zero-order chi connectivity index (χ0) is 15.3. The highest BCUT2D eigenvalue weighted by Gasteiger charge is 2.41. The van der Waals surface area contributed by atoms with Crippen LogP contribution in [0.4, 0.5) is 0 Å². The fraction of sp³-hybridized carbons (Fsp3) is 0.533. The molecule has 4 nitrogen and oxygen atoms in total. The highest BCUT2D eigenvalue weighted by atomic mass is 35.5. The van der Waals surface area contributed by atoms with E-state index in [1.165, 1.54) is 0 Å². The zero-order valence-corrected chi connectivity index (χ0v) is 12.8. The van der Waals surface area contributed by atoms with Crippen LogP contribution >= 0.6 is 11.6 Å². The van der Waals surface area contributed by atoms with Gasteiger partial charge in [-0.15, -0.1) is 11.6 Å². The molecule has 1 aromatic carbocycles. The van der Waals surface area contributed by atoms with Crippen LogP contribution < -0.4 is 5.46 Å². The van der Waals surface area contributed by atoms with Crippen LogP contribution in [-0.2, 0) is 19.0 Å². The lowest BCUT2D eigenvalue weighted by Crippen LogP contribution is -2.36. The maximum atomic E-state index is 12.3. The number of rotatable bonds is 6. The van der Waals surface area contributed by atoms with E-state index >= 15 is 0 Å². The fourth-order valence-corrected chi connectivity index (χ4v) is 2.63. The minimum atomic E-state index is -0.930. The summed E-state index contributed by atoms with van der Waals surface area (Å²) in [6.45, 7) is 3.05. The molecule has 0 aliphatic carbocycles. The smallest absolute Gasteiger partial charge is 0.313 e. The summed E-state index contributed by atoms with van der Waals surface area (Å²) in [6.07, 6.45) is 0.319. The summed E-state index contributed by atoms with van der Waals surface area (Å²) in [4.78, 5) is 12.3. The summed E-state index contributed by atoms with van der Waals surface area (Å²) < 4.78 is 16.4. The van der Waals surface area contributed by atoms with Gasteiger partial charge in [-0.25, -0.2) is 0 Å². The van der Waals surface area contributed by atoms with E-state index in [1.54, 1.807) is 19.1 Å². The van der Waals surface area contributed by atoms with Gasteiger partial charge < -0.3 is 14.2 Å². The number of benzene rings is 1. The predicted molar refractivity (Wildman–Crippen MR) is 81.2 cm³/mol. The molecule has 1 saturated heterocycles. The van der Waals surface area contributed by atoms with Gasteiger partial charge >= 0.3 is 5.97 Å². The molecule has 1 fully saturated rings. The Kier molecular flexibility index (Phi) is 5.68. The molecule has 0 amide bonds. The Morgan fingerprint density at radius 3 is 2.52 bits per heavy atom. The molecule has 0 bridgehead atoms. The van der Waals surface area contributed by atoms with Crippen LogP contribution in [0.1, 0.15) is 24.8 Å². The molecule has 112 valence electrons. The van der Waals surface area contributed by atoms with Gasteiger partial charge in [-0.1, -0.05) is 29.7 Å². The van der Waals surface area contributed by atoms with Gasteiger partial charge in [0.05, 0.1) is 31.6 Å². The van der Waals surface area contributed by atoms with E-state index < -0.39 is 11.7 Å². The second kappa shape index (κ2) is 7.30. The van der Waals surface area contributed by atoms with Crippen LogP contribution in [0.5, 0.6) is 0 Å². The molecule has 1 unspecified atom stereocenters. The van der Waals surface area contributed by atoms with Crippen molar-refractivity contribution in [2.75, 3.05) is 25.7 Å². The molecule has 0 spiro atoms. The molecular formula is C15H18BClO4. The molecule has 1 aliphatic rings. The van der Waals surface area contributed by atoms with E-state index in [9.17, 15) is 4.79 Å². The molecule has 0 aromatic heterocycles. The van der Waals surface area contributed by atoms with Crippen molar-refractivity contribution in [2.45, 2.75) is 25.0 Å². The van der Waals surface area contributed by atoms with Crippen LogP contribution in [0.3, 0.4) is 0 Å². The quantitative estimate of drug-likeness (QED) is 0.454. The first-order chi connectivity index (χ1) is 10.1. The Labute approximate surface area is 131 Å². The Morgan fingerprint density at radius 1 is 1.38 bits per heavy atom. The van der Waals surface area contributed by atoms with Gasteiger partial charge in [0.1, 0.15) is 7.85 Å². The molecule has 2 rings (SSSR count). The van der Waals surface area contributed by atoms with Crippen LogP contribution in [0.15, 0.2) is 24.3 Å². The van der Waals surface area contributed by atoms with Crippen LogP contribution in [0.2, 0.25) is 0 Å². The molecular weight excluding hydrogens is 290 g/mol. The van der Waals surface area contributed by atoms with Gasteiger partial charge in [0.25, 0.3) is 0 Å². The molecule has 1 aliphatic heterocycles. The number of hydrogen-bond acceptors (Lipinski definition) is 4. The Hall–Kier alpha value is -1.04. The van der Waals surface area contributed by atoms with Gasteiger partial charge in [-0.05, 0) is 12.5 Å². The number of carbonyl (C=O) groups is 1. The first kappa shape index (κ1) is 16.3. The topological polar surface area (TPSA) is 44.8 Å². The summed E-state index contributed by atoms with van der Waals surface area (Å²) >= 11 is 5.98. The van der Waals surface area contributed by atoms with Crippen LogP contribution in [-0.4, -0.2) is 45.3 Å². The molecule has 0 saturated carbocycles. The van der Waals surface area contributed by atoms with Gasteiger partial charge in [0.15, 0.2) is 5.79 Å². The highest BCUT2D eigenvalue weighted by molar-refractivity contribution is 6.32. The Balaban J connectivity index is 2.23. The third kappa shape index (κ3) is 3.99.